The van der Waals surface area contributed by atoms with Gasteiger partial charge in [-0.1, -0.05) is 24.3 Å². The third-order valence-corrected chi connectivity index (χ3v) is 4.02. The summed E-state index contributed by atoms with van der Waals surface area (Å²) < 4.78 is 5.20. The van der Waals surface area contributed by atoms with Crippen molar-refractivity contribution in [2.75, 3.05) is 12.8 Å². The highest BCUT2D eigenvalue weighted by atomic mass is 16.5. The van der Waals surface area contributed by atoms with Crippen molar-refractivity contribution in [2.45, 2.75) is 6.92 Å². The first-order valence-corrected chi connectivity index (χ1v) is 7.90. The van der Waals surface area contributed by atoms with Crippen molar-refractivity contribution in [1.82, 2.24) is 15.8 Å². The number of nitrogen functional groups attached to an aromatic ring is 1. The van der Waals surface area contributed by atoms with Crippen LogP contribution in [-0.4, -0.2) is 23.9 Å². The minimum atomic E-state index is -0.548. The summed E-state index contributed by atoms with van der Waals surface area (Å²) in [7, 11) is 1.53. The molecule has 1 aromatic heterocycles. The number of rotatable bonds is 3. The van der Waals surface area contributed by atoms with Crippen LogP contribution in [0.3, 0.4) is 0 Å². The summed E-state index contributed by atoms with van der Waals surface area (Å²) in [5.74, 6) is -0.427. The van der Waals surface area contributed by atoms with Gasteiger partial charge in [0.25, 0.3) is 11.8 Å². The largest absolute Gasteiger partial charge is 0.496 e. The summed E-state index contributed by atoms with van der Waals surface area (Å²) in [6.07, 6.45) is 1.38. The van der Waals surface area contributed by atoms with Crippen LogP contribution in [0, 0.1) is 6.92 Å². The number of hydrazine groups is 1. The van der Waals surface area contributed by atoms with Crippen molar-refractivity contribution in [1.29, 1.82) is 0 Å². The fourth-order valence-electron chi connectivity index (χ4n) is 2.56. The number of benzene rings is 2. The number of para-hydroxylation sites is 1. The van der Waals surface area contributed by atoms with Crippen LogP contribution in [-0.2, 0) is 0 Å². The highest BCUT2D eigenvalue weighted by Crippen LogP contribution is 2.22. The number of nitrogens with one attached hydrogen (secondary N) is 2. The van der Waals surface area contributed by atoms with Crippen molar-refractivity contribution in [2.24, 2.45) is 0 Å². The third kappa shape index (κ3) is 3.27. The van der Waals surface area contributed by atoms with E-state index in [-0.39, 0.29) is 5.56 Å². The number of methoxy groups -OCH3 is 1. The Labute approximate surface area is 150 Å². The molecule has 7 heteroatoms. The number of ether oxygens (including phenoxy) is 1. The van der Waals surface area contributed by atoms with E-state index >= 15 is 0 Å². The summed E-state index contributed by atoms with van der Waals surface area (Å²) >= 11 is 0. The number of hydrogen-bond donors (Lipinski definition) is 3. The van der Waals surface area contributed by atoms with Crippen LogP contribution in [0.5, 0.6) is 5.75 Å². The van der Waals surface area contributed by atoms with Crippen molar-refractivity contribution < 1.29 is 14.3 Å². The number of anilines is 1. The number of aromatic nitrogens is 1. The van der Waals surface area contributed by atoms with Crippen molar-refractivity contribution >= 4 is 28.4 Å². The maximum atomic E-state index is 12.4. The Bertz CT molecular complexity index is 1000. The van der Waals surface area contributed by atoms with Gasteiger partial charge in [0.2, 0.25) is 0 Å². The highest BCUT2D eigenvalue weighted by molar-refractivity contribution is 6.07. The number of hydrogen-bond acceptors (Lipinski definition) is 5. The van der Waals surface area contributed by atoms with E-state index in [2.05, 4.69) is 15.8 Å². The molecule has 1 heterocycles. The third-order valence-electron chi connectivity index (χ3n) is 4.02. The molecule has 0 fully saturated rings. The van der Waals surface area contributed by atoms with E-state index in [9.17, 15) is 9.59 Å². The number of nitrogens with two attached hydrogens (primary N) is 1. The van der Waals surface area contributed by atoms with Gasteiger partial charge in [-0.3, -0.25) is 25.4 Å². The minimum absolute atomic E-state index is 0.186. The molecule has 132 valence electrons. The molecular weight excluding hydrogens is 332 g/mol. The predicted molar refractivity (Wildman–Crippen MR) is 98.8 cm³/mol. The molecule has 3 rings (SSSR count). The molecule has 0 aliphatic carbocycles. The quantitative estimate of drug-likeness (QED) is 0.628. The highest BCUT2D eigenvalue weighted by Gasteiger charge is 2.15. The zero-order chi connectivity index (χ0) is 18.7. The summed E-state index contributed by atoms with van der Waals surface area (Å²) in [4.78, 5) is 28.8. The van der Waals surface area contributed by atoms with Crippen LogP contribution in [0.25, 0.3) is 10.9 Å². The van der Waals surface area contributed by atoms with Crippen molar-refractivity contribution in [3.63, 3.8) is 0 Å². The molecule has 0 saturated heterocycles. The summed E-state index contributed by atoms with van der Waals surface area (Å²) in [6.45, 7) is 1.87. The average molecular weight is 350 g/mol. The zero-order valence-electron chi connectivity index (χ0n) is 14.4. The van der Waals surface area contributed by atoms with Gasteiger partial charge in [0.05, 0.1) is 23.9 Å². The molecule has 4 N–H and O–H groups in total. The number of fused-ring (bicyclic) bond motifs is 1. The summed E-state index contributed by atoms with van der Waals surface area (Å²) in [6, 6.07) is 12.2. The second-order valence-electron chi connectivity index (χ2n) is 5.70. The molecule has 2 aromatic carbocycles. The Morgan fingerprint density at radius 3 is 2.58 bits per heavy atom. The average Bonchev–Trinajstić information content (AvgIpc) is 2.66. The smallest absolute Gasteiger partial charge is 0.273 e. The van der Waals surface area contributed by atoms with Gasteiger partial charge >= 0.3 is 0 Å². The van der Waals surface area contributed by atoms with E-state index in [1.807, 2.05) is 19.1 Å². The minimum Gasteiger partial charge on any atom is -0.496 e. The lowest BCUT2D eigenvalue weighted by molar-refractivity contribution is 0.0847. The Balaban J connectivity index is 1.75. The fraction of sp³-hybridized carbons (Fsp3) is 0.105. The lowest BCUT2D eigenvalue weighted by Crippen LogP contribution is -2.41. The molecule has 0 bridgehead atoms. The molecule has 0 spiro atoms. The molecule has 0 radical (unpaired) electrons. The summed E-state index contributed by atoms with van der Waals surface area (Å²) in [5, 5.41) is 0.676. The van der Waals surface area contributed by atoms with Crippen molar-refractivity contribution in [3.05, 3.63) is 65.4 Å². The van der Waals surface area contributed by atoms with Crippen LogP contribution in [0.1, 0.15) is 26.3 Å². The van der Waals surface area contributed by atoms with E-state index in [4.69, 9.17) is 10.5 Å². The van der Waals surface area contributed by atoms with E-state index in [0.717, 1.165) is 5.56 Å². The van der Waals surface area contributed by atoms with Gasteiger partial charge in [0, 0.05) is 17.1 Å². The van der Waals surface area contributed by atoms with E-state index in [1.165, 1.54) is 13.3 Å². The monoisotopic (exact) mass is 350 g/mol. The maximum Gasteiger partial charge on any atom is 0.273 e. The van der Waals surface area contributed by atoms with Crippen LogP contribution < -0.4 is 21.3 Å². The van der Waals surface area contributed by atoms with Gasteiger partial charge in [0.1, 0.15) is 5.75 Å². The molecule has 0 saturated carbocycles. The number of carbonyl (C=O) groups excluding carboxylic acids is 2. The summed E-state index contributed by atoms with van der Waals surface area (Å²) in [5.41, 5.74) is 13.2. The molecule has 26 heavy (non-hydrogen) atoms. The number of pyridine rings is 1. The lowest BCUT2D eigenvalue weighted by Gasteiger charge is -2.11. The standard InChI is InChI=1S/C19H18N4O3/c1-11-7-8-12(9-16(11)26-2)18(24)22-23-19(25)14-10-21-15-6-4-3-5-13(15)17(14)20/h3-10H,1-2H3,(H2,20,21)(H,22,24)(H,23,25). The van der Waals surface area contributed by atoms with Gasteiger partial charge in [-0.2, -0.15) is 0 Å². The Morgan fingerprint density at radius 1 is 1.08 bits per heavy atom. The normalized spacial score (nSPS) is 10.4. The Morgan fingerprint density at radius 2 is 1.81 bits per heavy atom. The van der Waals surface area contributed by atoms with Gasteiger partial charge in [-0.05, 0) is 30.7 Å². The van der Waals surface area contributed by atoms with Gasteiger partial charge in [-0.15, -0.1) is 0 Å². The number of amides is 2. The van der Waals surface area contributed by atoms with E-state index in [0.29, 0.717) is 27.9 Å². The Hall–Kier alpha value is -3.61. The zero-order valence-corrected chi connectivity index (χ0v) is 14.4. The first-order chi connectivity index (χ1) is 12.5. The topological polar surface area (TPSA) is 106 Å². The van der Waals surface area contributed by atoms with Crippen LogP contribution in [0.15, 0.2) is 48.7 Å². The second kappa shape index (κ2) is 7.10. The molecular formula is C19H18N4O3. The van der Waals surface area contributed by atoms with E-state index in [1.54, 1.807) is 30.3 Å². The maximum absolute atomic E-state index is 12.4. The van der Waals surface area contributed by atoms with Gasteiger partial charge in [-0.25, -0.2) is 0 Å². The number of nitrogens with zero attached hydrogens (tertiary/aromatic N) is 1. The van der Waals surface area contributed by atoms with Crippen molar-refractivity contribution in [3.8, 4) is 5.75 Å². The first-order valence-electron chi connectivity index (χ1n) is 7.90. The second-order valence-corrected chi connectivity index (χ2v) is 5.70. The molecule has 7 nitrogen and oxygen atoms in total. The molecule has 2 amide bonds. The van der Waals surface area contributed by atoms with Crippen LogP contribution in [0.4, 0.5) is 5.69 Å². The van der Waals surface area contributed by atoms with E-state index < -0.39 is 11.8 Å². The molecule has 0 aliphatic heterocycles. The van der Waals surface area contributed by atoms with Crippen LogP contribution >= 0.6 is 0 Å². The Kier molecular flexibility index (Phi) is 4.70. The van der Waals surface area contributed by atoms with Gasteiger partial charge < -0.3 is 10.5 Å². The van der Waals surface area contributed by atoms with Gasteiger partial charge in [0.15, 0.2) is 0 Å². The lowest BCUT2D eigenvalue weighted by atomic mass is 10.1. The molecule has 3 aromatic rings. The van der Waals surface area contributed by atoms with Crippen LogP contribution in [0.2, 0.25) is 0 Å². The molecule has 0 atom stereocenters. The number of carbonyl (C=O) groups is 2. The molecule has 0 unspecified atom stereocenters. The first kappa shape index (κ1) is 17.2. The fourth-order valence-corrected chi connectivity index (χ4v) is 2.56. The number of aryl methyl sites for hydroxylation is 1. The molecule has 0 aliphatic rings. The predicted octanol–water partition coefficient (Wildman–Crippen LogP) is 2.21. The SMILES string of the molecule is COc1cc(C(=O)NNC(=O)c2cnc3ccccc3c2N)ccc1C.